The molecule has 0 unspecified atom stereocenters. The van der Waals surface area contributed by atoms with Gasteiger partial charge in [-0.05, 0) is 69.1 Å². The third-order valence-electron chi connectivity index (χ3n) is 7.91. The number of amides is 4. The van der Waals surface area contributed by atoms with E-state index < -0.39 is 41.1 Å². The first-order valence-electron chi connectivity index (χ1n) is 15.9. The minimum absolute atomic E-state index is 0.0463. The lowest BCUT2D eigenvalue weighted by Crippen LogP contribution is -2.52. The van der Waals surface area contributed by atoms with Crippen molar-refractivity contribution >= 4 is 40.5 Å². The second-order valence-electron chi connectivity index (χ2n) is 11.6. The van der Waals surface area contributed by atoms with Gasteiger partial charge in [0, 0.05) is 37.6 Å². The molecule has 2 atom stereocenters. The molecule has 0 aliphatic carbocycles. The number of phenols is 1. The molecule has 0 spiro atoms. The highest BCUT2D eigenvalue weighted by atomic mass is 16.5. The molecule has 15 nitrogen and oxygen atoms in total. The Labute approximate surface area is 281 Å². The number of phenolic OH excluding ortho intramolecular Hbond substituents is 1. The van der Waals surface area contributed by atoms with E-state index in [1.165, 1.54) is 42.7 Å². The van der Waals surface area contributed by atoms with Crippen molar-refractivity contribution in [3.05, 3.63) is 87.5 Å². The van der Waals surface area contributed by atoms with Crippen LogP contribution in [0.3, 0.4) is 0 Å². The number of aromatic hydroxyl groups is 1. The van der Waals surface area contributed by atoms with E-state index in [1.54, 1.807) is 23.6 Å². The van der Waals surface area contributed by atoms with Crippen LogP contribution in [-0.2, 0) is 22.6 Å². The first-order chi connectivity index (χ1) is 23.6. The summed E-state index contributed by atoms with van der Waals surface area (Å²) in [6, 6.07) is 9.39. The molecule has 0 saturated heterocycles. The van der Waals surface area contributed by atoms with E-state index in [1.807, 2.05) is 6.92 Å². The molecule has 0 saturated carbocycles. The summed E-state index contributed by atoms with van der Waals surface area (Å²) in [7, 11) is 0. The fraction of sp³-hybridized carbons (Fsp3) is 0.324. The van der Waals surface area contributed by atoms with Crippen molar-refractivity contribution in [1.29, 1.82) is 0 Å². The Morgan fingerprint density at radius 2 is 1.90 bits per heavy atom. The number of fused-ring (bicyclic) bond motifs is 2. The van der Waals surface area contributed by atoms with E-state index in [4.69, 9.17) is 10.5 Å². The zero-order chi connectivity index (χ0) is 35.1. The smallest absolute Gasteiger partial charge is 0.261 e. The molecular formula is C34H38N8O7. The van der Waals surface area contributed by atoms with Gasteiger partial charge < -0.3 is 41.4 Å². The van der Waals surface area contributed by atoms with Crippen molar-refractivity contribution in [1.82, 2.24) is 30.5 Å². The van der Waals surface area contributed by atoms with E-state index in [9.17, 15) is 29.1 Å². The maximum atomic E-state index is 13.4. The van der Waals surface area contributed by atoms with E-state index in [2.05, 4.69) is 31.2 Å². The Bertz CT molecular complexity index is 1940. The molecule has 1 aliphatic heterocycles. The SMILES string of the molecule is CCn1cc(C(=O)Nc2ccc3c(c2)C(=O)NCCC(=O)N[C@@H](CCN)C(=O)N[C@H](Cc2ccc(O)cc2)CO3)c(=O)c2ncc(C)nc21. The highest BCUT2D eigenvalue weighted by molar-refractivity contribution is 6.06. The number of rotatable bonds is 7. The van der Waals surface area contributed by atoms with E-state index >= 15 is 0 Å². The number of nitrogens with one attached hydrogen (secondary N) is 4. The van der Waals surface area contributed by atoms with Crippen LogP contribution in [0.1, 0.15) is 51.7 Å². The lowest BCUT2D eigenvalue weighted by molar-refractivity contribution is -0.129. The molecule has 0 radical (unpaired) electrons. The van der Waals surface area contributed by atoms with Crippen LogP contribution in [0.4, 0.5) is 5.69 Å². The largest absolute Gasteiger partial charge is 0.508 e. The number of pyridine rings is 1. The third kappa shape index (κ3) is 8.37. The number of aryl methyl sites for hydroxylation is 2. The molecule has 3 heterocycles. The van der Waals surface area contributed by atoms with Gasteiger partial charge in [0.15, 0.2) is 11.2 Å². The molecule has 1 aliphatic rings. The van der Waals surface area contributed by atoms with Gasteiger partial charge in [-0.15, -0.1) is 0 Å². The molecule has 5 rings (SSSR count). The monoisotopic (exact) mass is 670 g/mol. The highest BCUT2D eigenvalue weighted by Crippen LogP contribution is 2.25. The number of ether oxygens (including phenoxy) is 1. The van der Waals surface area contributed by atoms with Gasteiger partial charge >= 0.3 is 0 Å². The molecule has 0 bridgehead atoms. The zero-order valence-electron chi connectivity index (χ0n) is 27.1. The number of aromatic nitrogens is 3. The standard InChI is InChI=1S/C34H38N8O7/c1-3-42-17-25(30(45)29-31(42)38-19(2)16-37-29)33(47)39-21-6-9-27-24(15-21)32(46)36-13-11-28(44)41-26(10-12-35)34(48)40-22(18-49-27)14-20-4-7-23(43)8-5-20/h4-9,15-17,22,26,43H,3,10-14,18,35H2,1-2H3,(H,36,46)(H,39,47)(H,40,48)(H,41,44)/t22-,26+/m1/s1. The van der Waals surface area contributed by atoms with Gasteiger partial charge in [-0.2, -0.15) is 0 Å². The van der Waals surface area contributed by atoms with Gasteiger partial charge in [0.05, 0.1) is 17.3 Å². The summed E-state index contributed by atoms with van der Waals surface area (Å²) in [6.07, 6.45) is 3.27. The summed E-state index contributed by atoms with van der Waals surface area (Å²) >= 11 is 0. The molecule has 4 aromatic rings. The summed E-state index contributed by atoms with van der Waals surface area (Å²) in [5.74, 6) is -1.93. The molecule has 256 valence electrons. The third-order valence-corrected chi connectivity index (χ3v) is 7.91. The van der Waals surface area contributed by atoms with E-state index in [0.717, 1.165) is 5.56 Å². The molecule has 7 N–H and O–H groups in total. The number of benzene rings is 2. The summed E-state index contributed by atoms with van der Waals surface area (Å²) < 4.78 is 7.77. The predicted molar refractivity (Wildman–Crippen MR) is 180 cm³/mol. The van der Waals surface area contributed by atoms with Gasteiger partial charge in [0.1, 0.15) is 29.7 Å². The van der Waals surface area contributed by atoms with Crippen LogP contribution in [0.15, 0.2) is 59.7 Å². The first kappa shape index (κ1) is 34.5. The quantitative estimate of drug-likeness (QED) is 0.165. The topological polar surface area (TPSA) is 220 Å². The number of hydrogen-bond donors (Lipinski definition) is 6. The lowest BCUT2D eigenvalue weighted by atomic mass is 10.0. The Balaban J connectivity index is 1.44. The van der Waals surface area contributed by atoms with E-state index in [-0.39, 0.29) is 66.4 Å². The predicted octanol–water partition coefficient (Wildman–Crippen LogP) is 1.15. The summed E-state index contributed by atoms with van der Waals surface area (Å²) in [5.41, 5.74) is 7.08. The molecular weight excluding hydrogens is 632 g/mol. The van der Waals surface area contributed by atoms with Crippen molar-refractivity contribution < 1.29 is 29.0 Å². The summed E-state index contributed by atoms with van der Waals surface area (Å²) in [5, 5.41) is 20.7. The molecule has 0 fully saturated rings. The Morgan fingerprint density at radius 1 is 1.12 bits per heavy atom. The number of carbonyl (C=O) groups is 4. The summed E-state index contributed by atoms with van der Waals surface area (Å²) in [4.78, 5) is 74.6. The van der Waals surface area contributed by atoms with Gasteiger partial charge in [-0.3, -0.25) is 24.0 Å². The van der Waals surface area contributed by atoms with Crippen LogP contribution >= 0.6 is 0 Å². The van der Waals surface area contributed by atoms with Crippen LogP contribution in [0.25, 0.3) is 11.2 Å². The number of hydrogen-bond acceptors (Lipinski definition) is 10. The molecule has 15 heteroatoms. The molecule has 2 aromatic heterocycles. The zero-order valence-corrected chi connectivity index (χ0v) is 27.1. The molecule has 2 aromatic carbocycles. The van der Waals surface area contributed by atoms with Gasteiger partial charge in [-0.1, -0.05) is 12.1 Å². The van der Waals surface area contributed by atoms with Crippen molar-refractivity contribution in [3.63, 3.8) is 0 Å². The van der Waals surface area contributed by atoms with Gasteiger partial charge in [-0.25, -0.2) is 9.97 Å². The number of nitrogens with two attached hydrogens (primary N) is 1. The maximum Gasteiger partial charge on any atom is 0.261 e. The van der Waals surface area contributed by atoms with Crippen LogP contribution < -0.4 is 37.2 Å². The van der Waals surface area contributed by atoms with Crippen LogP contribution in [0.2, 0.25) is 0 Å². The van der Waals surface area contributed by atoms with Gasteiger partial charge in [0.25, 0.3) is 11.8 Å². The van der Waals surface area contributed by atoms with Gasteiger partial charge in [0.2, 0.25) is 17.2 Å². The Morgan fingerprint density at radius 3 is 2.63 bits per heavy atom. The first-order valence-corrected chi connectivity index (χ1v) is 15.9. The number of carbonyl (C=O) groups excluding carboxylic acids is 4. The minimum atomic E-state index is -0.892. The van der Waals surface area contributed by atoms with Crippen molar-refractivity contribution in [2.24, 2.45) is 5.73 Å². The highest BCUT2D eigenvalue weighted by Gasteiger charge is 2.25. The average Bonchev–Trinajstić information content (AvgIpc) is 3.08. The van der Waals surface area contributed by atoms with Crippen LogP contribution in [0.5, 0.6) is 11.5 Å². The van der Waals surface area contributed by atoms with E-state index in [0.29, 0.717) is 24.3 Å². The summed E-state index contributed by atoms with van der Waals surface area (Å²) in [6.45, 7) is 4.08. The maximum absolute atomic E-state index is 13.4. The number of anilines is 1. The van der Waals surface area contributed by atoms with Crippen molar-refractivity contribution in [2.45, 2.75) is 51.7 Å². The average molecular weight is 671 g/mol. The van der Waals surface area contributed by atoms with Crippen LogP contribution in [0, 0.1) is 6.92 Å². The van der Waals surface area contributed by atoms with Crippen LogP contribution in [-0.4, -0.2) is 75.1 Å². The fourth-order valence-corrected chi connectivity index (χ4v) is 5.39. The fourth-order valence-electron chi connectivity index (χ4n) is 5.39. The minimum Gasteiger partial charge on any atom is -0.508 e. The molecule has 49 heavy (non-hydrogen) atoms. The Kier molecular flexibility index (Phi) is 10.8. The molecule has 4 amide bonds. The second kappa shape index (κ2) is 15.4. The normalized spacial score (nSPS) is 17.2. The second-order valence-corrected chi connectivity index (χ2v) is 11.6. The van der Waals surface area contributed by atoms with Crippen molar-refractivity contribution in [2.75, 3.05) is 25.0 Å². The Hall–Kier alpha value is -5.83. The lowest BCUT2D eigenvalue weighted by Gasteiger charge is -2.25. The van der Waals surface area contributed by atoms with Crippen molar-refractivity contribution in [3.8, 4) is 11.5 Å². The number of nitrogens with zero attached hydrogens (tertiary/aromatic N) is 3.